The average molecular weight is 232 g/mol. The quantitative estimate of drug-likeness (QED) is 0.714. The Kier molecular flexibility index (Phi) is 3.33. The van der Waals surface area contributed by atoms with E-state index in [2.05, 4.69) is 9.97 Å². The van der Waals surface area contributed by atoms with E-state index in [9.17, 15) is 4.39 Å². The summed E-state index contributed by atoms with van der Waals surface area (Å²) in [5, 5.41) is 0. The number of halogens is 2. The lowest BCUT2D eigenvalue weighted by Crippen LogP contribution is -2.47. The van der Waals surface area contributed by atoms with Crippen LogP contribution in [-0.2, 0) is 4.74 Å². The molecule has 0 spiro atoms. The van der Waals surface area contributed by atoms with Gasteiger partial charge in [-0.05, 0) is 0 Å². The molecule has 6 heteroatoms. The number of anilines is 1. The summed E-state index contributed by atoms with van der Waals surface area (Å²) in [6.45, 7) is 1.86. The van der Waals surface area contributed by atoms with Crippen molar-refractivity contribution in [2.75, 3.05) is 30.5 Å². The number of ether oxygens (including phenoxy) is 1. The van der Waals surface area contributed by atoms with Gasteiger partial charge in [0.05, 0.1) is 31.6 Å². The van der Waals surface area contributed by atoms with E-state index in [1.165, 1.54) is 0 Å². The standard InChI is InChI=1S/C9H11ClFN3O/c10-3-8-6-15-2-1-14(8)9-12-4-7(11)5-13-9/h4-5,8H,1-3,6H2. The van der Waals surface area contributed by atoms with Crippen LogP contribution in [0, 0.1) is 5.82 Å². The van der Waals surface area contributed by atoms with E-state index in [0.717, 1.165) is 12.4 Å². The zero-order valence-electron chi connectivity index (χ0n) is 8.07. The van der Waals surface area contributed by atoms with Crippen LogP contribution in [0.5, 0.6) is 0 Å². The van der Waals surface area contributed by atoms with Gasteiger partial charge in [-0.3, -0.25) is 0 Å². The number of hydrogen-bond acceptors (Lipinski definition) is 4. The number of hydrogen-bond donors (Lipinski definition) is 0. The molecule has 1 atom stereocenters. The van der Waals surface area contributed by atoms with Gasteiger partial charge in [0.15, 0.2) is 5.82 Å². The third-order valence-electron chi connectivity index (χ3n) is 2.27. The van der Waals surface area contributed by atoms with Crippen molar-refractivity contribution in [2.45, 2.75) is 6.04 Å². The van der Waals surface area contributed by atoms with Crippen LogP contribution in [0.2, 0.25) is 0 Å². The van der Waals surface area contributed by atoms with Gasteiger partial charge in [0, 0.05) is 12.4 Å². The zero-order chi connectivity index (χ0) is 10.7. The lowest BCUT2D eigenvalue weighted by molar-refractivity contribution is 0.0989. The molecule has 1 fully saturated rings. The maximum atomic E-state index is 12.6. The third-order valence-corrected chi connectivity index (χ3v) is 2.63. The summed E-state index contributed by atoms with van der Waals surface area (Å²) in [5.41, 5.74) is 0. The minimum atomic E-state index is -0.436. The van der Waals surface area contributed by atoms with Crippen molar-refractivity contribution < 1.29 is 9.13 Å². The Labute approximate surface area is 92.0 Å². The topological polar surface area (TPSA) is 38.2 Å². The van der Waals surface area contributed by atoms with Crippen molar-refractivity contribution >= 4 is 17.5 Å². The maximum absolute atomic E-state index is 12.6. The van der Waals surface area contributed by atoms with E-state index in [0.29, 0.717) is 31.6 Å². The molecule has 0 amide bonds. The van der Waals surface area contributed by atoms with Gasteiger partial charge in [0.25, 0.3) is 0 Å². The molecule has 1 aliphatic rings. The van der Waals surface area contributed by atoms with Crippen molar-refractivity contribution in [1.29, 1.82) is 0 Å². The summed E-state index contributed by atoms with van der Waals surface area (Å²) in [6, 6.07) is 0.0610. The first-order valence-corrected chi connectivity index (χ1v) is 5.22. The molecule has 2 rings (SSSR count). The van der Waals surface area contributed by atoms with Crippen molar-refractivity contribution in [1.82, 2.24) is 9.97 Å². The normalized spacial score (nSPS) is 21.7. The van der Waals surface area contributed by atoms with E-state index in [1.54, 1.807) is 0 Å². The molecule has 2 heterocycles. The molecule has 0 aromatic carbocycles. The van der Waals surface area contributed by atoms with E-state index in [4.69, 9.17) is 16.3 Å². The molecular weight excluding hydrogens is 221 g/mol. The number of alkyl halides is 1. The fourth-order valence-electron chi connectivity index (χ4n) is 1.50. The van der Waals surface area contributed by atoms with Gasteiger partial charge in [-0.15, -0.1) is 11.6 Å². The van der Waals surface area contributed by atoms with E-state index < -0.39 is 5.82 Å². The van der Waals surface area contributed by atoms with E-state index >= 15 is 0 Å². The van der Waals surface area contributed by atoms with E-state index in [-0.39, 0.29) is 6.04 Å². The predicted octanol–water partition coefficient (Wildman–Crippen LogP) is 1.06. The molecule has 1 unspecified atom stereocenters. The van der Waals surface area contributed by atoms with Gasteiger partial charge in [0.2, 0.25) is 5.95 Å². The number of aromatic nitrogens is 2. The summed E-state index contributed by atoms with van der Waals surface area (Å²) < 4.78 is 17.9. The van der Waals surface area contributed by atoms with Crippen LogP contribution >= 0.6 is 11.6 Å². The molecule has 82 valence electrons. The molecular formula is C9H11ClFN3O. The third kappa shape index (κ3) is 2.35. The molecule has 0 saturated carbocycles. The molecule has 0 aliphatic carbocycles. The van der Waals surface area contributed by atoms with Crippen molar-refractivity contribution in [3.63, 3.8) is 0 Å². The van der Waals surface area contributed by atoms with Crippen LogP contribution in [0.15, 0.2) is 12.4 Å². The molecule has 0 bridgehead atoms. The van der Waals surface area contributed by atoms with Crippen LogP contribution in [0.3, 0.4) is 0 Å². The smallest absolute Gasteiger partial charge is 0.225 e. The molecule has 1 aromatic rings. The summed E-state index contributed by atoms with van der Waals surface area (Å²) in [6.07, 6.45) is 2.31. The van der Waals surface area contributed by atoms with Crippen molar-refractivity contribution in [2.24, 2.45) is 0 Å². The Bertz CT molecular complexity index is 322. The lowest BCUT2D eigenvalue weighted by atomic mass is 10.3. The second kappa shape index (κ2) is 4.72. The van der Waals surface area contributed by atoms with Crippen LogP contribution in [-0.4, -0.2) is 41.6 Å². The molecule has 0 radical (unpaired) electrons. The van der Waals surface area contributed by atoms with Gasteiger partial charge < -0.3 is 9.64 Å². The Balaban J connectivity index is 2.16. The van der Waals surface area contributed by atoms with Gasteiger partial charge >= 0.3 is 0 Å². The fraction of sp³-hybridized carbons (Fsp3) is 0.556. The molecule has 15 heavy (non-hydrogen) atoms. The number of nitrogens with zero attached hydrogens (tertiary/aromatic N) is 3. The maximum Gasteiger partial charge on any atom is 0.225 e. The van der Waals surface area contributed by atoms with Gasteiger partial charge in [-0.25, -0.2) is 14.4 Å². The Morgan fingerprint density at radius 3 is 2.93 bits per heavy atom. The molecule has 0 N–H and O–H groups in total. The Morgan fingerprint density at radius 2 is 2.27 bits per heavy atom. The van der Waals surface area contributed by atoms with Crippen molar-refractivity contribution in [3.8, 4) is 0 Å². The summed E-state index contributed by atoms with van der Waals surface area (Å²) in [4.78, 5) is 9.79. The monoisotopic (exact) mass is 231 g/mol. The van der Waals surface area contributed by atoms with Crippen LogP contribution in [0.25, 0.3) is 0 Å². The first kappa shape index (κ1) is 10.6. The lowest BCUT2D eigenvalue weighted by Gasteiger charge is -2.34. The predicted molar refractivity (Wildman–Crippen MR) is 54.7 cm³/mol. The second-order valence-electron chi connectivity index (χ2n) is 3.28. The van der Waals surface area contributed by atoms with Crippen LogP contribution in [0.4, 0.5) is 10.3 Å². The number of rotatable bonds is 2. The van der Waals surface area contributed by atoms with Gasteiger partial charge in [-0.2, -0.15) is 0 Å². The highest BCUT2D eigenvalue weighted by molar-refractivity contribution is 6.18. The first-order valence-electron chi connectivity index (χ1n) is 4.69. The number of morpholine rings is 1. The summed E-state index contributed by atoms with van der Waals surface area (Å²) >= 11 is 5.80. The molecule has 4 nitrogen and oxygen atoms in total. The van der Waals surface area contributed by atoms with Crippen LogP contribution in [0.1, 0.15) is 0 Å². The SMILES string of the molecule is Fc1cnc(N2CCOCC2CCl)nc1. The first-order chi connectivity index (χ1) is 7.31. The minimum absolute atomic E-state index is 0.0610. The van der Waals surface area contributed by atoms with Gasteiger partial charge in [0.1, 0.15) is 0 Å². The molecule has 1 aromatic heterocycles. The average Bonchev–Trinajstić information content (AvgIpc) is 2.30. The Hall–Kier alpha value is -0.940. The minimum Gasteiger partial charge on any atom is -0.377 e. The molecule has 1 saturated heterocycles. The molecule has 1 aliphatic heterocycles. The second-order valence-corrected chi connectivity index (χ2v) is 3.59. The highest BCUT2D eigenvalue weighted by Crippen LogP contribution is 2.15. The van der Waals surface area contributed by atoms with Crippen LogP contribution < -0.4 is 4.90 Å². The highest BCUT2D eigenvalue weighted by atomic mass is 35.5. The van der Waals surface area contributed by atoms with E-state index in [1.807, 2.05) is 4.90 Å². The summed E-state index contributed by atoms with van der Waals surface area (Å²) in [7, 11) is 0. The largest absolute Gasteiger partial charge is 0.377 e. The summed E-state index contributed by atoms with van der Waals surface area (Å²) in [5.74, 6) is 0.514. The fourth-order valence-corrected chi connectivity index (χ4v) is 1.76. The Morgan fingerprint density at radius 1 is 1.53 bits per heavy atom. The van der Waals surface area contributed by atoms with Crippen molar-refractivity contribution in [3.05, 3.63) is 18.2 Å². The zero-order valence-corrected chi connectivity index (χ0v) is 8.82. The highest BCUT2D eigenvalue weighted by Gasteiger charge is 2.24. The van der Waals surface area contributed by atoms with Gasteiger partial charge in [-0.1, -0.05) is 0 Å².